The van der Waals surface area contributed by atoms with Gasteiger partial charge in [0.2, 0.25) is 0 Å². The van der Waals surface area contributed by atoms with Crippen LogP contribution in [0.2, 0.25) is 5.02 Å². The van der Waals surface area contributed by atoms with E-state index in [9.17, 15) is 4.39 Å². The van der Waals surface area contributed by atoms with Crippen LogP contribution < -0.4 is 0 Å². The van der Waals surface area contributed by atoms with Gasteiger partial charge in [0, 0.05) is 0 Å². The van der Waals surface area contributed by atoms with Gasteiger partial charge < -0.3 is 0 Å². The molecule has 1 aromatic carbocycles. The Kier molecular flexibility index (Phi) is 7.61. The summed E-state index contributed by atoms with van der Waals surface area (Å²) in [5.41, 5.74) is 1.14. The molecular weight excluding hydrogens is 343 g/mol. The fraction of sp³-hybridized carbons (Fsp3) is 0.667. The minimum atomic E-state index is -0.268. The van der Waals surface area contributed by atoms with E-state index in [4.69, 9.17) is 11.6 Å². The molecule has 0 unspecified atom stereocenters. The Labute approximate surface area is 164 Å². The zero-order chi connectivity index (χ0) is 18.4. The van der Waals surface area contributed by atoms with Gasteiger partial charge in [-0.3, -0.25) is 0 Å². The van der Waals surface area contributed by atoms with E-state index in [0.29, 0.717) is 5.92 Å². The summed E-state index contributed by atoms with van der Waals surface area (Å²) >= 11 is 5.81. The lowest BCUT2D eigenvalue weighted by Crippen LogP contribution is -2.17. The van der Waals surface area contributed by atoms with Crippen LogP contribution in [0.5, 0.6) is 0 Å². The van der Waals surface area contributed by atoms with Crippen LogP contribution in [0.3, 0.4) is 0 Å². The Hall–Kier alpha value is -0.820. The highest BCUT2D eigenvalue weighted by atomic mass is 35.5. The van der Waals surface area contributed by atoms with Crippen LogP contribution in [0.1, 0.15) is 89.0 Å². The second kappa shape index (κ2) is 9.93. The summed E-state index contributed by atoms with van der Waals surface area (Å²) in [4.78, 5) is 0. The predicted octanol–water partition coefficient (Wildman–Crippen LogP) is 8.31. The second-order valence-corrected chi connectivity index (χ2v) is 8.99. The third-order valence-corrected chi connectivity index (χ3v) is 7.09. The molecular formula is C24H34ClF. The van der Waals surface area contributed by atoms with Crippen LogP contribution in [0, 0.1) is 23.6 Å². The fourth-order valence-corrected chi connectivity index (χ4v) is 5.14. The average molecular weight is 377 g/mol. The van der Waals surface area contributed by atoms with Gasteiger partial charge in [0.05, 0.1) is 5.02 Å². The maximum atomic E-state index is 13.7. The van der Waals surface area contributed by atoms with E-state index in [0.717, 1.165) is 23.3 Å². The molecule has 0 aromatic heterocycles. The number of rotatable bonds is 6. The Morgan fingerprint density at radius 3 is 2.15 bits per heavy atom. The largest absolute Gasteiger partial charge is 0.205 e. The Bertz CT molecular complexity index is 578. The maximum absolute atomic E-state index is 13.7. The smallest absolute Gasteiger partial charge is 0.142 e. The van der Waals surface area contributed by atoms with E-state index >= 15 is 0 Å². The molecule has 2 heteroatoms. The average Bonchev–Trinajstić information content (AvgIpc) is 2.68. The molecule has 1 aromatic rings. The standard InChI is InChI=1S/C24H34ClF/c1-2-3-4-18-5-7-19(8-6-18)9-10-20-11-13-21(14-12-20)22-15-16-23(25)24(26)17-22/h3-4,15-21H,2,5-14H2,1H3/b4-3+. The van der Waals surface area contributed by atoms with Gasteiger partial charge in [0.15, 0.2) is 0 Å². The quantitative estimate of drug-likeness (QED) is 0.438. The van der Waals surface area contributed by atoms with Crippen LogP contribution in [0.4, 0.5) is 4.39 Å². The lowest BCUT2D eigenvalue weighted by atomic mass is 9.74. The van der Waals surface area contributed by atoms with Crippen LogP contribution in [0.25, 0.3) is 0 Å². The highest BCUT2D eigenvalue weighted by Crippen LogP contribution is 2.40. The molecule has 0 saturated heterocycles. The highest BCUT2D eigenvalue weighted by molar-refractivity contribution is 6.30. The van der Waals surface area contributed by atoms with Crippen molar-refractivity contribution in [3.63, 3.8) is 0 Å². The van der Waals surface area contributed by atoms with Crippen LogP contribution >= 0.6 is 11.6 Å². The lowest BCUT2D eigenvalue weighted by molar-refractivity contribution is 0.246. The van der Waals surface area contributed by atoms with E-state index in [1.165, 1.54) is 70.6 Å². The maximum Gasteiger partial charge on any atom is 0.142 e. The SMILES string of the molecule is CC/C=C/C1CCC(CCC2CCC(c3ccc(Cl)c(F)c3)CC2)CC1. The number of allylic oxidation sites excluding steroid dienone is 2. The molecule has 2 aliphatic carbocycles. The van der Waals surface area contributed by atoms with E-state index in [1.54, 1.807) is 12.1 Å². The van der Waals surface area contributed by atoms with Crippen molar-refractivity contribution in [2.24, 2.45) is 17.8 Å². The van der Waals surface area contributed by atoms with Gasteiger partial charge >= 0.3 is 0 Å². The molecule has 0 heterocycles. The number of halogens is 2. The summed E-state index contributed by atoms with van der Waals surface area (Å²) in [5.74, 6) is 2.96. The van der Waals surface area contributed by atoms with Gasteiger partial charge in [0.25, 0.3) is 0 Å². The first kappa shape index (κ1) is 19.9. The summed E-state index contributed by atoms with van der Waals surface area (Å²) in [6, 6.07) is 5.38. The predicted molar refractivity (Wildman–Crippen MR) is 110 cm³/mol. The molecule has 0 N–H and O–H groups in total. The normalized spacial score (nSPS) is 30.0. The van der Waals surface area contributed by atoms with Gasteiger partial charge in [0.1, 0.15) is 5.82 Å². The zero-order valence-electron chi connectivity index (χ0n) is 16.2. The van der Waals surface area contributed by atoms with Crippen molar-refractivity contribution in [2.75, 3.05) is 0 Å². The molecule has 0 aliphatic heterocycles. The Balaban J connectivity index is 1.37. The molecule has 0 radical (unpaired) electrons. The number of benzene rings is 1. The fourth-order valence-electron chi connectivity index (χ4n) is 5.02. The summed E-state index contributed by atoms with van der Waals surface area (Å²) < 4.78 is 13.7. The highest BCUT2D eigenvalue weighted by Gasteiger charge is 2.25. The third kappa shape index (κ3) is 5.59. The van der Waals surface area contributed by atoms with Gasteiger partial charge in [-0.05, 0) is 99.2 Å². The number of hydrogen-bond acceptors (Lipinski definition) is 0. The first-order valence-corrected chi connectivity index (χ1v) is 11.1. The van der Waals surface area contributed by atoms with Crippen molar-refractivity contribution >= 4 is 11.6 Å². The molecule has 0 bridgehead atoms. The van der Waals surface area contributed by atoms with Crippen molar-refractivity contribution in [3.8, 4) is 0 Å². The molecule has 0 atom stereocenters. The molecule has 0 nitrogen and oxygen atoms in total. The van der Waals surface area contributed by atoms with Gasteiger partial charge in [-0.2, -0.15) is 0 Å². The first-order valence-electron chi connectivity index (χ1n) is 10.8. The van der Waals surface area contributed by atoms with E-state index in [1.807, 2.05) is 6.07 Å². The topological polar surface area (TPSA) is 0 Å². The van der Waals surface area contributed by atoms with Crippen molar-refractivity contribution in [3.05, 3.63) is 46.8 Å². The van der Waals surface area contributed by atoms with Crippen molar-refractivity contribution in [1.29, 1.82) is 0 Å². The van der Waals surface area contributed by atoms with Gasteiger partial charge in [-0.25, -0.2) is 4.39 Å². The van der Waals surface area contributed by atoms with Crippen molar-refractivity contribution in [1.82, 2.24) is 0 Å². The summed E-state index contributed by atoms with van der Waals surface area (Å²) in [7, 11) is 0. The summed E-state index contributed by atoms with van der Waals surface area (Å²) in [6.45, 7) is 2.22. The van der Waals surface area contributed by atoms with E-state index in [2.05, 4.69) is 19.1 Å². The molecule has 2 aliphatic rings. The van der Waals surface area contributed by atoms with Crippen molar-refractivity contribution in [2.45, 2.75) is 83.5 Å². The zero-order valence-corrected chi connectivity index (χ0v) is 17.0. The van der Waals surface area contributed by atoms with Crippen LogP contribution in [-0.4, -0.2) is 0 Å². The number of hydrogen-bond donors (Lipinski definition) is 0. The first-order chi connectivity index (χ1) is 12.7. The van der Waals surface area contributed by atoms with Gasteiger partial charge in [-0.15, -0.1) is 0 Å². The minimum absolute atomic E-state index is 0.238. The molecule has 0 spiro atoms. The van der Waals surface area contributed by atoms with Crippen LogP contribution in [0.15, 0.2) is 30.4 Å². The van der Waals surface area contributed by atoms with Gasteiger partial charge in [-0.1, -0.05) is 49.6 Å². The molecule has 2 saturated carbocycles. The Morgan fingerprint density at radius 1 is 0.962 bits per heavy atom. The third-order valence-electron chi connectivity index (χ3n) is 6.78. The van der Waals surface area contributed by atoms with E-state index in [-0.39, 0.29) is 10.8 Å². The molecule has 0 amide bonds. The summed E-state index contributed by atoms with van der Waals surface area (Å²) in [6.07, 6.45) is 19.5. The second-order valence-electron chi connectivity index (χ2n) is 8.59. The Morgan fingerprint density at radius 2 is 1.58 bits per heavy atom. The molecule has 144 valence electrons. The minimum Gasteiger partial charge on any atom is -0.205 e. The van der Waals surface area contributed by atoms with Crippen molar-refractivity contribution < 1.29 is 4.39 Å². The summed E-state index contributed by atoms with van der Waals surface area (Å²) in [5, 5.41) is 0.238. The van der Waals surface area contributed by atoms with E-state index < -0.39 is 0 Å². The molecule has 26 heavy (non-hydrogen) atoms. The molecule has 2 fully saturated rings. The lowest BCUT2D eigenvalue weighted by Gasteiger charge is -2.31. The van der Waals surface area contributed by atoms with Crippen LogP contribution in [-0.2, 0) is 0 Å². The molecule has 3 rings (SSSR count). The monoisotopic (exact) mass is 376 g/mol.